The molecule has 0 aliphatic heterocycles. The van der Waals surface area contributed by atoms with E-state index in [1.54, 1.807) is 11.8 Å². The number of hydrogen-bond donors (Lipinski definition) is 0. The zero-order chi connectivity index (χ0) is 20.6. The van der Waals surface area contributed by atoms with Gasteiger partial charge in [0.25, 0.3) is 0 Å². The van der Waals surface area contributed by atoms with Crippen molar-refractivity contribution in [1.29, 1.82) is 0 Å². The molecule has 0 amide bonds. The van der Waals surface area contributed by atoms with Gasteiger partial charge in [0.05, 0.1) is 12.8 Å². The number of nitrogens with zero attached hydrogens (tertiary/aromatic N) is 5. The summed E-state index contributed by atoms with van der Waals surface area (Å²) in [4.78, 5) is 4.39. The first kappa shape index (κ1) is 19.7. The van der Waals surface area contributed by atoms with Gasteiger partial charge in [-0.3, -0.25) is 0 Å². The number of hydrogen-bond acceptors (Lipinski definition) is 5. The molecule has 0 bridgehead atoms. The van der Waals surface area contributed by atoms with E-state index in [9.17, 15) is 0 Å². The fraction of sp³-hybridized carbons (Fsp3) is 0.381. The number of benzene rings is 1. The molecule has 0 aliphatic rings. The molecule has 0 fully saturated rings. The molecule has 7 nitrogen and oxygen atoms in total. The van der Waals surface area contributed by atoms with Crippen LogP contribution in [-0.2, 0) is 0 Å². The molecule has 1 aromatic carbocycles. The first-order valence-corrected chi connectivity index (χ1v) is 9.45. The van der Waals surface area contributed by atoms with Crippen molar-refractivity contribution in [2.24, 2.45) is 0 Å². The minimum atomic E-state index is 0.644. The summed E-state index contributed by atoms with van der Waals surface area (Å²) in [5.41, 5.74) is 5.22. The second kappa shape index (κ2) is 7.50. The Kier molecular flexibility index (Phi) is 5.27. The predicted molar refractivity (Wildman–Crippen MR) is 109 cm³/mol. The van der Waals surface area contributed by atoms with Gasteiger partial charge in [0.2, 0.25) is 5.71 Å². The molecule has 0 N–H and O–H groups in total. The lowest BCUT2D eigenvalue weighted by atomic mass is 10.1. The van der Waals surface area contributed by atoms with Crippen LogP contribution in [0.5, 0.6) is 5.75 Å². The number of oxazole rings is 1. The van der Waals surface area contributed by atoms with Crippen molar-refractivity contribution in [3.8, 4) is 22.7 Å². The Hall–Kier alpha value is -3.09. The highest BCUT2D eigenvalue weighted by molar-refractivity contribution is 5.74. The van der Waals surface area contributed by atoms with Gasteiger partial charge in [-0.15, -0.1) is 0 Å². The van der Waals surface area contributed by atoms with Crippen LogP contribution in [0.1, 0.15) is 42.5 Å². The Labute approximate surface area is 165 Å². The van der Waals surface area contributed by atoms with Crippen LogP contribution in [0.3, 0.4) is 0 Å². The number of rotatable bonds is 3. The molecule has 0 unspecified atom stereocenters. The van der Waals surface area contributed by atoms with Crippen molar-refractivity contribution in [1.82, 2.24) is 24.4 Å². The normalized spacial score (nSPS) is 10.9. The van der Waals surface area contributed by atoms with E-state index in [-0.39, 0.29) is 0 Å². The van der Waals surface area contributed by atoms with Crippen molar-refractivity contribution in [3.05, 3.63) is 46.9 Å². The van der Waals surface area contributed by atoms with Crippen molar-refractivity contribution in [3.63, 3.8) is 0 Å². The number of fused-ring (bicyclic) bond motifs is 1. The molecule has 0 saturated carbocycles. The standard InChI is InChI=1S/C19H21N5O2.C2H6/c1-10-7-8-15(16(9-10)25-6)18-12(3)26-19-17(11(2)21-24(18)19)23-14(5)20-13(4)22-23;1-2/h7-9H,1-6H3;1-2H3. The van der Waals surface area contributed by atoms with Crippen LogP contribution in [0.4, 0.5) is 0 Å². The molecule has 0 spiro atoms. The van der Waals surface area contributed by atoms with Crippen LogP contribution in [-0.4, -0.2) is 31.5 Å². The van der Waals surface area contributed by atoms with Crippen molar-refractivity contribution in [2.75, 3.05) is 7.11 Å². The summed E-state index contributed by atoms with van der Waals surface area (Å²) in [6.07, 6.45) is 0. The molecule has 0 aliphatic carbocycles. The first-order valence-electron chi connectivity index (χ1n) is 9.45. The number of methoxy groups -OCH3 is 1. The Morgan fingerprint density at radius 2 is 1.71 bits per heavy atom. The van der Waals surface area contributed by atoms with Gasteiger partial charge in [0.1, 0.15) is 28.9 Å². The average Bonchev–Trinajstić information content (AvgIpc) is 3.26. The third-order valence-corrected chi connectivity index (χ3v) is 4.48. The second-order valence-electron chi connectivity index (χ2n) is 6.48. The third kappa shape index (κ3) is 3.06. The minimum absolute atomic E-state index is 0.644. The summed E-state index contributed by atoms with van der Waals surface area (Å²) in [5.74, 6) is 3.07. The Morgan fingerprint density at radius 3 is 2.32 bits per heavy atom. The van der Waals surface area contributed by atoms with Gasteiger partial charge in [0, 0.05) is 5.56 Å². The minimum Gasteiger partial charge on any atom is -0.496 e. The summed E-state index contributed by atoms with van der Waals surface area (Å²) in [5, 5.41) is 9.20. The molecular formula is C21H27N5O2. The molecule has 0 radical (unpaired) electrons. The van der Waals surface area contributed by atoms with Gasteiger partial charge in [-0.1, -0.05) is 19.9 Å². The van der Waals surface area contributed by atoms with E-state index in [0.717, 1.165) is 45.5 Å². The summed E-state index contributed by atoms with van der Waals surface area (Å²) in [6.45, 7) is 13.7. The van der Waals surface area contributed by atoms with E-state index in [1.165, 1.54) is 0 Å². The van der Waals surface area contributed by atoms with Crippen LogP contribution < -0.4 is 4.74 Å². The Balaban J connectivity index is 0.00000109. The van der Waals surface area contributed by atoms with E-state index in [0.29, 0.717) is 11.5 Å². The molecule has 28 heavy (non-hydrogen) atoms. The maximum atomic E-state index is 6.11. The number of aromatic nitrogens is 5. The summed E-state index contributed by atoms with van der Waals surface area (Å²) < 4.78 is 15.3. The lowest BCUT2D eigenvalue weighted by molar-refractivity contribution is 0.416. The third-order valence-electron chi connectivity index (χ3n) is 4.48. The average molecular weight is 381 g/mol. The smallest absolute Gasteiger partial charge is 0.249 e. The Morgan fingerprint density at radius 1 is 1.00 bits per heavy atom. The van der Waals surface area contributed by atoms with Gasteiger partial charge in [-0.2, -0.15) is 14.7 Å². The van der Waals surface area contributed by atoms with Crippen molar-refractivity contribution < 1.29 is 9.15 Å². The van der Waals surface area contributed by atoms with E-state index >= 15 is 0 Å². The van der Waals surface area contributed by atoms with Gasteiger partial charge >= 0.3 is 0 Å². The topological polar surface area (TPSA) is 70.4 Å². The number of ether oxygens (including phenoxy) is 1. The van der Waals surface area contributed by atoms with E-state index < -0.39 is 0 Å². The lowest BCUT2D eigenvalue weighted by Gasteiger charge is -2.08. The second-order valence-corrected chi connectivity index (χ2v) is 6.48. The van der Waals surface area contributed by atoms with Crippen LogP contribution in [0.15, 0.2) is 22.6 Å². The van der Waals surface area contributed by atoms with Gasteiger partial charge < -0.3 is 9.15 Å². The molecule has 7 heteroatoms. The zero-order valence-electron chi connectivity index (χ0n) is 17.8. The summed E-state index contributed by atoms with van der Waals surface area (Å²) in [6, 6.07) is 6.10. The fourth-order valence-corrected chi connectivity index (χ4v) is 3.36. The molecule has 148 valence electrons. The van der Waals surface area contributed by atoms with Crippen LogP contribution >= 0.6 is 0 Å². The van der Waals surface area contributed by atoms with Crippen LogP contribution in [0.25, 0.3) is 22.7 Å². The molecule has 4 aromatic rings. The zero-order valence-corrected chi connectivity index (χ0v) is 17.8. The Bertz CT molecular complexity index is 1130. The van der Waals surface area contributed by atoms with E-state index in [4.69, 9.17) is 14.3 Å². The molecule has 4 rings (SSSR count). The summed E-state index contributed by atoms with van der Waals surface area (Å²) >= 11 is 0. The SMILES string of the molecule is CC.COc1cc(C)ccc1-c1c(C)oc2c(-n3nc(C)nc3C)c(C)nn12. The van der Waals surface area contributed by atoms with Crippen LogP contribution in [0.2, 0.25) is 0 Å². The van der Waals surface area contributed by atoms with Crippen molar-refractivity contribution in [2.45, 2.75) is 48.5 Å². The predicted octanol–water partition coefficient (Wildman–Crippen LogP) is 4.75. The molecule has 3 heterocycles. The van der Waals surface area contributed by atoms with Crippen molar-refractivity contribution >= 4 is 5.71 Å². The lowest BCUT2D eigenvalue weighted by Crippen LogP contribution is -2.00. The molecule has 0 saturated heterocycles. The van der Waals surface area contributed by atoms with Gasteiger partial charge in [0.15, 0.2) is 5.69 Å². The highest BCUT2D eigenvalue weighted by Gasteiger charge is 2.24. The largest absolute Gasteiger partial charge is 0.496 e. The highest BCUT2D eigenvalue weighted by atomic mass is 16.5. The highest BCUT2D eigenvalue weighted by Crippen LogP contribution is 2.36. The molecule has 3 aromatic heterocycles. The van der Waals surface area contributed by atoms with E-state index in [1.807, 2.05) is 65.1 Å². The van der Waals surface area contributed by atoms with Gasteiger partial charge in [-0.25, -0.2) is 9.67 Å². The van der Waals surface area contributed by atoms with E-state index in [2.05, 4.69) is 16.1 Å². The monoisotopic (exact) mass is 381 g/mol. The maximum absolute atomic E-state index is 6.11. The maximum Gasteiger partial charge on any atom is 0.249 e. The van der Waals surface area contributed by atoms with Gasteiger partial charge in [-0.05, 0) is 52.3 Å². The quantitative estimate of drug-likeness (QED) is 0.512. The van der Waals surface area contributed by atoms with Crippen LogP contribution in [0, 0.1) is 34.6 Å². The fourth-order valence-electron chi connectivity index (χ4n) is 3.36. The summed E-state index contributed by atoms with van der Waals surface area (Å²) in [7, 11) is 1.67. The molecular weight excluding hydrogens is 354 g/mol. The first-order chi connectivity index (χ1) is 13.4. The molecule has 0 atom stereocenters. The number of aryl methyl sites for hydroxylation is 5.